The van der Waals surface area contributed by atoms with Crippen molar-refractivity contribution in [2.24, 2.45) is 0 Å². The number of benzene rings is 1. The molecule has 1 saturated heterocycles. The Morgan fingerprint density at radius 1 is 1.22 bits per heavy atom. The maximum Gasteiger partial charge on any atom is 0.149 e. The lowest BCUT2D eigenvalue weighted by atomic mass is 9.95. The minimum Gasteiger partial charge on any atom is -0.381 e. The van der Waals surface area contributed by atoms with E-state index in [4.69, 9.17) is 9.84 Å². The summed E-state index contributed by atoms with van der Waals surface area (Å²) in [5, 5.41) is 5.80. The zero-order valence-electron chi connectivity index (χ0n) is 13.0. The Hall–Kier alpha value is -2.27. The highest BCUT2D eigenvalue weighted by Gasteiger charge is 2.23. The maximum atomic E-state index is 14.4. The van der Waals surface area contributed by atoms with Crippen molar-refractivity contribution in [3.63, 3.8) is 0 Å². The van der Waals surface area contributed by atoms with Gasteiger partial charge in [-0.1, -0.05) is 6.07 Å². The Kier molecular flexibility index (Phi) is 3.58. The third-order valence-corrected chi connectivity index (χ3v) is 4.45. The Labute approximate surface area is 133 Å². The van der Waals surface area contributed by atoms with Crippen LogP contribution in [0.3, 0.4) is 0 Å². The van der Waals surface area contributed by atoms with E-state index in [0.29, 0.717) is 11.6 Å². The molecule has 0 spiro atoms. The molecule has 0 unspecified atom stereocenters. The van der Waals surface area contributed by atoms with E-state index in [-0.39, 0.29) is 5.82 Å². The molecular weight excluding hydrogens is 293 g/mol. The van der Waals surface area contributed by atoms with Gasteiger partial charge in [0.15, 0.2) is 0 Å². The second-order valence-electron chi connectivity index (χ2n) is 6.03. The number of fused-ring (bicyclic) bond motifs is 1. The minimum atomic E-state index is -0.267. The van der Waals surface area contributed by atoms with Gasteiger partial charge >= 0.3 is 0 Å². The molecule has 1 aliphatic heterocycles. The predicted molar refractivity (Wildman–Crippen MR) is 86.4 cm³/mol. The van der Waals surface area contributed by atoms with Gasteiger partial charge in [0, 0.05) is 30.7 Å². The average Bonchev–Trinajstić information content (AvgIpc) is 2.95. The molecule has 0 saturated carbocycles. The lowest BCUT2D eigenvalue weighted by molar-refractivity contribution is 0.0847. The van der Waals surface area contributed by atoms with Gasteiger partial charge in [-0.25, -0.2) is 9.07 Å². The summed E-state index contributed by atoms with van der Waals surface area (Å²) in [6.45, 7) is 3.38. The Morgan fingerprint density at radius 2 is 2.04 bits per heavy atom. The van der Waals surface area contributed by atoms with Gasteiger partial charge in [-0.05, 0) is 43.5 Å². The van der Waals surface area contributed by atoms with Gasteiger partial charge in [-0.15, -0.1) is 0 Å². The van der Waals surface area contributed by atoms with Crippen molar-refractivity contribution in [2.75, 3.05) is 13.2 Å². The molecule has 23 heavy (non-hydrogen) atoms. The number of halogens is 1. The largest absolute Gasteiger partial charge is 0.381 e. The SMILES string of the molecule is Cc1ccc(-n2nc(C3CCOCC3)c3ccncc32)c(F)c1. The molecule has 0 N–H and O–H groups in total. The second kappa shape index (κ2) is 5.74. The fourth-order valence-corrected chi connectivity index (χ4v) is 3.23. The number of pyridine rings is 1. The molecule has 3 heterocycles. The fraction of sp³-hybridized carbons (Fsp3) is 0.333. The van der Waals surface area contributed by atoms with E-state index in [0.717, 1.165) is 48.2 Å². The van der Waals surface area contributed by atoms with Crippen molar-refractivity contribution in [3.05, 3.63) is 53.7 Å². The average molecular weight is 311 g/mol. The van der Waals surface area contributed by atoms with Crippen molar-refractivity contribution < 1.29 is 9.13 Å². The van der Waals surface area contributed by atoms with Gasteiger partial charge < -0.3 is 4.74 Å². The summed E-state index contributed by atoms with van der Waals surface area (Å²) in [4.78, 5) is 4.20. The van der Waals surface area contributed by atoms with Crippen molar-refractivity contribution in [2.45, 2.75) is 25.7 Å². The highest BCUT2D eigenvalue weighted by atomic mass is 19.1. The van der Waals surface area contributed by atoms with Crippen LogP contribution in [0.4, 0.5) is 4.39 Å². The van der Waals surface area contributed by atoms with Gasteiger partial charge in [-0.3, -0.25) is 4.98 Å². The molecule has 1 aromatic carbocycles. The number of rotatable bonds is 2. The highest BCUT2D eigenvalue weighted by molar-refractivity contribution is 5.83. The lowest BCUT2D eigenvalue weighted by Gasteiger charge is -2.20. The van der Waals surface area contributed by atoms with E-state index in [1.54, 1.807) is 23.1 Å². The van der Waals surface area contributed by atoms with Crippen LogP contribution in [-0.2, 0) is 4.74 Å². The molecular formula is C18H18FN3O. The Balaban J connectivity index is 1.90. The summed E-state index contributed by atoms with van der Waals surface area (Å²) in [5.74, 6) is 0.0835. The Bertz CT molecular complexity index is 853. The molecule has 3 aromatic rings. The molecule has 0 aliphatic carbocycles. The van der Waals surface area contributed by atoms with E-state index < -0.39 is 0 Å². The summed E-state index contributed by atoms with van der Waals surface area (Å²) >= 11 is 0. The molecule has 0 amide bonds. The summed E-state index contributed by atoms with van der Waals surface area (Å²) < 4.78 is 21.5. The van der Waals surface area contributed by atoms with Crippen LogP contribution < -0.4 is 0 Å². The topological polar surface area (TPSA) is 39.9 Å². The maximum absolute atomic E-state index is 14.4. The number of nitrogens with zero attached hydrogens (tertiary/aromatic N) is 3. The zero-order valence-corrected chi connectivity index (χ0v) is 13.0. The fourth-order valence-electron chi connectivity index (χ4n) is 3.23. The standard InChI is InChI=1S/C18H18FN3O/c1-12-2-3-16(15(19)10-12)22-17-11-20-7-4-14(17)18(21-22)13-5-8-23-9-6-13/h2-4,7,10-11,13H,5-6,8-9H2,1H3. The molecule has 4 rings (SSSR count). The zero-order chi connectivity index (χ0) is 15.8. The molecule has 118 valence electrons. The number of hydrogen-bond donors (Lipinski definition) is 0. The van der Waals surface area contributed by atoms with Gasteiger partial charge in [0.05, 0.1) is 17.4 Å². The molecule has 5 heteroatoms. The summed E-state index contributed by atoms with van der Waals surface area (Å²) in [7, 11) is 0. The normalized spacial score (nSPS) is 16.1. The quantitative estimate of drug-likeness (QED) is 0.723. The van der Waals surface area contributed by atoms with Crippen molar-refractivity contribution >= 4 is 10.9 Å². The smallest absolute Gasteiger partial charge is 0.149 e. The molecule has 0 atom stereocenters. The molecule has 0 bridgehead atoms. The first-order chi connectivity index (χ1) is 11.2. The van der Waals surface area contributed by atoms with Crippen LogP contribution in [0.1, 0.15) is 30.0 Å². The van der Waals surface area contributed by atoms with Gasteiger partial charge in [0.1, 0.15) is 11.5 Å². The van der Waals surface area contributed by atoms with Crippen LogP contribution in [0.5, 0.6) is 0 Å². The first-order valence-corrected chi connectivity index (χ1v) is 7.91. The third kappa shape index (κ3) is 2.51. The second-order valence-corrected chi connectivity index (χ2v) is 6.03. The van der Waals surface area contributed by atoms with Crippen molar-refractivity contribution in [1.82, 2.24) is 14.8 Å². The first kappa shape index (κ1) is 14.3. The number of hydrogen-bond acceptors (Lipinski definition) is 3. The molecule has 1 fully saturated rings. The number of ether oxygens (including phenoxy) is 1. The summed E-state index contributed by atoms with van der Waals surface area (Å²) in [6.07, 6.45) is 5.42. The molecule has 0 radical (unpaired) electrons. The van der Waals surface area contributed by atoms with Gasteiger partial charge in [0.25, 0.3) is 0 Å². The number of aryl methyl sites for hydroxylation is 1. The van der Waals surface area contributed by atoms with Crippen LogP contribution >= 0.6 is 0 Å². The van der Waals surface area contributed by atoms with E-state index in [2.05, 4.69) is 4.98 Å². The third-order valence-electron chi connectivity index (χ3n) is 4.45. The first-order valence-electron chi connectivity index (χ1n) is 7.91. The van der Waals surface area contributed by atoms with Crippen LogP contribution in [0.15, 0.2) is 36.7 Å². The van der Waals surface area contributed by atoms with E-state index >= 15 is 0 Å². The summed E-state index contributed by atoms with van der Waals surface area (Å²) in [6, 6.07) is 7.18. The minimum absolute atomic E-state index is 0.267. The van der Waals surface area contributed by atoms with E-state index in [9.17, 15) is 4.39 Å². The molecule has 4 nitrogen and oxygen atoms in total. The lowest BCUT2D eigenvalue weighted by Crippen LogP contribution is -2.15. The highest BCUT2D eigenvalue weighted by Crippen LogP contribution is 2.33. The van der Waals surface area contributed by atoms with Crippen LogP contribution in [0.2, 0.25) is 0 Å². The van der Waals surface area contributed by atoms with Crippen LogP contribution in [0.25, 0.3) is 16.6 Å². The Morgan fingerprint density at radius 3 is 2.83 bits per heavy atom. The number of aromatic nitrogens is 3. The van der Waals surface area contributed by atoms with Gasteiger partial charge in [-0.2, -0.15) is 5.10 Å². The van der Waals surface area contributed by atoms with Gasteiger partial charge in [0.2, 0.25) is 0 Å². The van der Waals surface area contributed by atoms with Crippen molar-refractivity contribution in [1.29, 1.82) is 0 Å². The predicted octanol–water partition coefficient (Wildman–Crippen LogP) is 3.76. The van der Waals surface area contributed by atoms with Crippen molar-refractivity contribution in [3.8, 4) is 5.69 Å². The molecule has 2 aromatic heterocycles. The molecule has 1 aliphatic rings. The van der Waals surface area contributed by atoms with E-state index in [1.807, 2.05) is 19.1 Å². The van der Waals surface area contributed by atoms with Crippen LogP contribution in [-0.4, -0.2) is 28.0 Å². The van der Waals surface area contributed by atoms with E-state index in [1.165, 1.54) is 6.07 Å². The monoisotopic (exact) mass is 311 g/mol. The van der Waals surface area contributed by atoms with Crippen LogP contribution in [0, 0.1) is 12.7 Å². The summed E-state index contributed by atoms with van der Waals surface area (Å²) in [5.41, 5.74) is 3.22.